The van der Waals surface area contributed by atoms with Crippen molar-refractivity contribution >= 4 is 62.3 Å². The van der Waals surface area contributed by atoms with Gasteiger partial charge in [0.2, 0.25) is 11.8 Å². The van der Waals surface area contributed by atoms with Gasteiger partial charge in [0.25, 0.3) is 10.0 Å². The Labute approximate surface area is 267 Å². The maximum atomic E-state index is 14.4. The van der Waals surface area contributed by atoms with E-state index in [9.17, 15) is 18.0 Å². The summed E-state index contributed by atoms with van der Waals surface area (Å²) in [6.45, 7) is 0.967. The highest BCUT2D eigenvalue weighted by Crippen LogP contribution is 2.31. The van der Waals surface area contributed by atoms with E-state index in [1.165, 1.54) is 24.1 Å². The lowest BCUT2D eigenvalue weighted by Crippen LogP contribution is -2.53. The molecule has 4 rings (SSSR count). The number of anilines is 1. The van der Waals surface area contributed by atoms with Crippen molar-refractivity contribution in [1.29, 1.82) is 0 Å². The molecule has 0 bridgehead atoms. The smallest absolute Gasteiger partial charge is 0.264 e. The average molecular weight is 659 g/mol. The zero-order valence-corrected chi connectivity index (χ0v) is 26.6. The molecule has 0 radical (unpaired) electrons. The van der Waals surface area contributed by atoms with Gasteiger partial charge in [-0.25, -0.2) is 8.42 Å². The summed E-state index contributed by atoms with van der Waals surface area (Å²) in [6.07, 6.45) is 0.166. The fourth-order valence-electron chi connectivity index (χ4n) is 4.71. The van der Waals surface area contributed by atoms with Gasteiger partial charge >= 0.3 is 0 Å². The second-order valence-electron chi connectivity index (χ2n) is 9.80. The van der Waals surface area contributed by atoms with Gasteiger partial charge in [-0.15, -0.1) is 0 Å². The highest BCUT2D eigenvalue weighted by atomic mass is 35.5. The van der Waals surface area contributed by atoms with E-state index >= 15 is 0 Å². The molecule has 0 aromatic heterocycles. The maximum absolute atomic E-state index is 14.4. The number of carbonyl (C=O) groups is 2. The number of halogens is 3. The summed E-state index contributed by atoms with van der Waals surface area (Å²) < 4.78 is 29.1. The molecule has 4 aromatic rings. The van der Waals surface area contributed by atoms with Crippen LogP contribution in [0.15, 0.2) is 102 Å². The van der Waals surface area contributed by atoms with Gasteiger partial charge in [0.05, 0.1) is 10.6 Å². The van der Waals surface area contributed by atoms with E-state index in [1.54, 1.807) is 61.5 Å². The summed E-state index contributed by atoms with van der Waals surface area (Å²) in [5.41, 5.74) is 2.06. The van der Waals surface area contributed by atoms with E-state index in [4.69, 9.17) is 34.8 Å². The summed E-state index contributed by atoms with van der Waals surface area (Å²) in [6, 6.07) is 25.8. The van der Waals surface area contributed by atoms with E-state index in [0.717, 1.165) is 9.87 Å². The molecule has 224 valence electrons. The summed E-state index contributed by atoms with van der Waals surface area (Å²) in [7, 11) is -2.75. The maximum Gasteiger partial charge on any atom is 0.264 e. The molecule has 1 atom stereocenters. The van der Waals surface area contributed by atoms with Crippen molar-refractivity contribution in [3.05, 3.63) is 129 Å². The van der Waals surface area contributed by atoms with Crippen LogP contribution in [-0.2, 0) is 32.6 Å². The van der Waals surface area contributed by atoms with E-state index in [-0.39, 0.29) is 23.5 Å². The fraction of sp³-hybridized carbons (Fsp3) is 0.188. The molecule has 0 saturated carbocycles. The Bertz CT molecular complexity index is 1680. The lowest BCUT2D eigenvalue weighted by Gasteiger charge is -2.34. The monoisotopic (exact) mass is 657 g/mol. The number of aryl methyl sites for hydroxylation is 1. The molecular weight excluding hydrogens is 629 g/mol. The number of carbonyl (C=O) groups excluding carboxylic acids is 2. The minimum Gasteiger partial charge on any atom is -0.357 e. The molecule has 0 aliphatic carbocycles. The average Bonchev–Trinajstić information content (AvgIpc) is 2.99. The lowest BCUT2D eigenvalue weighted by molar-refractivity contribution is -0.139. The van der Waals surface area contributed by atoms with Crippen LogP contribution in [0.5, 0.6) is 0 Å². The molecule has 0 saturated heterocycles. The Hall–Kier alpha value is -3.56. The number of hydrogen-bond donors (Lipinski definition) is 1. The predicted molar refractivity (Wildman–Crippen MR) is 172 cm³/mol. The first-order valence-electron chi connectivity index (χ1n) is 13.3. The third kappa shape index (κ3) is 7.70. The van der Waals surface area contributed by atoms with E-state index < -0.39 is 34.4 Å². The van der Waals surface area contributed by atoms with Crippen LogP contribution in [0.2, 0.25) is 15.1 Å². The van der Waals surface area contributed by atoms with E-state index in [2.05, 4.69) is 5.32 Å². The van der Waals surface area contributed by atoms with Crippen molar-refractivity contribution in [2.45, 2.75) is 30.8 Å². The van der Waals surface area contributed by atoms with Crippen LogP contribution in [0.1, 0.15) is 16.7 Å². The largest absolute Gasteiger partial charge is 0.357 e. The molecule has 7 nitrogen and oxygen atoms in total. The summed E-state index contributed by atoms with van der Waals surface area (Å²) >= 11 is 19.2. The van der Waals surface area contributed by atoms with Crippen LogP contribution in [0.4, 0.5) is 5.69 Å². The Morgan fingerprint density at radius 2 is 1.44 bits per heavy atom. The van der Waals surface area contributed by atoms with E-state index in [1.807, 2.05) is 30.3 Å². The molecule has 43 heavy (non-hydrogen) atoms. The Balaban J connectivity index is 1.84. The van der Waals surface area contributed by atoms with E-state index in [0.29, 0.717) is 26.2 Å². The van der Waals surface area contributed by atoms with Gasteiger partial charge in [-0.2, -0.15) is 0 Å². The van der Waals surface area contributed by atoms with Crippen LogP contribution in [0, 0.1) is 6.92 Å². The van der Waals surface area contributed by atoms with Crippen LogP contribution in [-0.4, -0.2) is 44.8 Å². The van der Waals surface area contributed by atoms with Crippen molar-refractivity contribution < 1.29 is 18.0 Å². The Morgan fingerprint density at radius 1 is 0.837 bits per heavy atom. The third-order valence-electron chi connectivity index (χ3n) is 6.95. The van der Waals surface area contributed by atoms with Crippen LogP contribution in [0.3, 0.4) is 0 Å². The first-order chi connectivity index (χ1) is 20.5. The summed E-state index contributed by atoms with van der Waals surface area (Å²) in [4.78, 5) is 29.1. The zero-order chi connectivity index (χ0) is 31.1. The SMILES string of the molecule is CNC(=O)[C@H](Cc1ccccc1)N(Cc1c(Cl)cccc1Cl)C(=O)CN(c1ccc(Cl)cc1C)S(=O)(=O)c1ccccc1. The molecule has 0 heterocycles. The minimum absolute atomic E-state index is 0.00462. The molecule has 4 aromatic carbocycles. The van der Waals surface area contributed by atoms with Crippen molar-refractivity contribution in [2.24, 2.45) is 0 Å². The van der Waals surface area contributed by atoms with Crippen molar-refractivity contribution in [3.63, 3.8) is 0 Å². The van der Waals surface area contributed by atoms with Crippen LogP contribution >= 0.6 is 34.8 Å². The molecule has 0 fully saturated rings. The van der Waals surface area contributed by atoms with Gasteiger partial charge < -0.3 is 10.2 Å². The second-order valence-corrected chi connectivity index (χ2v) is 12.9. The van der Waals surface area contributed by atoms with Crippen molar-refractivity contribution in [2.75, 3.05) is 17.9 Å². The lowest BCUT2D eigenvalue weighted by atomic mass is 10.0. The van der Waals surface area contributed by atoms with Gasteiger partial charge in [0, 0.05) is 40.6 Å². The quantitative estimate of drug-likeness (QED) is 0.198. The number of nitrogens with zero attached hydrogens (tertiary/aromatic N) is 2. The zero-order valence-electron chi connectivity index (χ0n) is 23.5. The van der Waals surface area contributed by atoms with Gasteiger partial charge in [0.1, 0.15) is 12.6 Å². The van der Waals surface area contributed by atoms with Crippen molar-refractivity contribution in [3.8, 4) is 0 Å². The van der Waals surface area contributed by atoms with Crippen LogP contribution in [0.25, 0.3) is 0 Å². The van der Waals surface area contributed by atoms with Gasteiger partial charge in [-0.05, 0) is 60.5 Å². The number of nitrogens with one attached hydrogen (secondary N) is 1. The molecule has 1 N–H and O–H groups in total. The van der Waals surface area contributed by atoms with Crippen LogP contribution < -0.4 is 9.62 Å². The molecule has 11 heteroatoms. The Morgan fingerprint density at radius 3 is 2.02 bits per heavy atom. The summed E-state index contributed by atoms with van der Waals surface area (Å²) in [5.74, 6) is -1.06. The highest BCUT2D eigenvalue weighted by Gasteiger charge is 2.35. The molecule has 2 amide bonds. The predicted octanol–water partition coefficient (Wildman–Crippen LogP) is 6.54. The topological polar surface area (TPSA) is 86.8 Å². The summed E-state index contributed by atoms with van der Waals surface area (Å²) in [5, 5.41) is 3.68. The number of amides is 2. The van der Waals surface area contributed by atoms with Gasteiger partial charge in [-0.1, -0.05) is 89.4 Å². The van der Waals surface area contributed by atoms with Gasteiger partial charge in [-0.3, -0.25) is 13.9 Å². The molecule has 0 spiro atoms. The number of sulfonamides is 1. The first-order valence-corrected chi connectivity index (χ1v) is 15.9. The number of likely N-dealkylation sites (N-methyl/N-ethyl adjacent to an activating group) is 1. The molecular formula is C32H30Cl3N3O4S. The first kappa shape index (κ1) is 32.4. The molecule has 0 unspecified atom stereocenters. The number of benzene rings is 4. The minimum atomic E-state index is -4.23. The normalized spacial score (nSPS) is 11.9. The number of hydrogen-bond acceptors (Lipinski definition) is 4. The molecule has 0 aliphatic heterocycles. The number of rotatable bonds is 11. The standard InChI is InChI=1S/C32H30Cl3N3O4S/c1-22-18-24(33)16-17-29(22)38(43(41,42)25-12-7-4-8-13-25)21-31(39)37(20-26-27(34)14-9-15-28(26)35)30(32(40)36-2)19-23-10-5-3-6-11-23/h3-18,30H,19-21H2,1-2H3,(H,36,40)/t30-/m0/s1. The van der Waals surface area contributed by atoms with Gasteiger partial charge in [0.15, 0.2) is 0 Å². The highest BCUT2D eigenvalue weighted by molar-refractivity contribution is 7.92. The fourth-order valence-corrected chi connectivity index (χ4v) is 6.95. The Kier molecular flexibility index (Phi) is 10.7. The third-order valence-corrected chi connectivity index (χ3v) is 9.66. The van der Waals surface area contributed by atoms with Crippen molar-refractivity contribution in [1.82, 2.24) is 10.2 Å². The second kappa shape index (κ2) is 14.3. The molecule has 0 aliphatic rings.